The van der Waals surface area contributed by atoms with E-state index in [0.717, 1.165) is 26.2 Å². The Labute approximate surface area is 126 Å². The van der Waals surface area contributed by atoms with E-state index in [-0.39, 0.29) is 0 Å². The van der Waals surface area contributed by atoms with Crippen LogP contribution in [0.1, 0.15) is 59.8 Å². The molecule has 0 saturated heterocycles. The lowest BCUT2D eigenvalue weighted by molar-refractivity contribution is 0.0229. The van der Waals surface area contributed by atoms with Gasteiger partial charge in [-0.3, -0.25) is 0 Å². The maximum atomic E-state index is 9.99. The van der Waals surface area contributed by atoms with Gasteiger partial charge in [-0.05, 0) is 51.6 Å². The summed E-state index contributed by atoms with van der Waals surface area (Å²) >= 11 is 0. The molecule has 0 aliphatic heterocycles. The molecular formula is C17H36N2O. The predicted octanol–water partition coefficient (Wildman–Crippen LogP) is 2.89. The van der Waals surface area contributed by atoms with E-state index < -0.39 is 5.60 Å². The van der Waals surface area contributed by atoms with Gasteiger partial charge in [0.15, 0.2) is 0 Å². The van der Waals surface area contributed by atoms with Crippen LogP contribution in [-0.4, -0.2) is 48.8 Å². The molecule has 0 aromatic carbocycles. The van der Waals surface area contributed by atoms with Crippen LogP contribution in [0.25, 0.3) is 0 Å². The zero-order valence-electron chi connectivity index (χ0n) is 14.3. The Morgan fingerprint density at radius 2 is 1.80 bits per heavy atom. The molecule has 0 bridgehead atoms. The second kappa shape index (κ2) is 7.77. The molecule has 0 atom stereocenters. The maximum Gasteiger partial charge on any atom is 0.0718 e. The molecule has 3 nitrogen and oxygen atoms in total. The van der Waals surface area contributed by atoms with Gasteiger partial charge in [0, 0.05) is 19.6 Å². The minimum Gasteiger partial charge on any atom is -0.389 e. The predicted molar refractivity (Wildman–Crippen MR) is 87.0 cm³/mol. The lowest BCUT2D eigenvalue weighted by atomic mass is 9.73. The molecule has 3 heteroatoms. The molecule has 0 amide bonds. The SMILES string of the molecule is CC(C)CNCC1(CN(C)CC(C)(C)O)CCCCC1. The first kappa shape index (κ1) is 17.9. The highest BCUT2D eigenvalue weighted by Gasteiger charge is 2.33. The van der Waals surface area contributed by atoms with E-state index in [9.17, 15) is 5.11 Å². The number of nitrogens with zero attached hydrogens (tertiary/aromatic N) is 1. The monoisotopic (exact) mass is 284 g/mol. The normalized spacial score (nSPS) is 19.8. The summed E-state index contributed by atoms with van der Waals surface area (Å²) in [6, 6.07) is 0. The van der Waals surface area contributed by atoms with Crippen LogP contribution in [0.2, 0.25) is 0 Å². The Kier molecular flexibility index (Phi) is 6.96. The Bertz CT molecular complexity index is 265. The lowest BCUT2D eigenvalue weighted by Gasteiger charge is -2.41. The molecule has 20 heavy (non-hydrogen) atoms. The molecule has 0 heterocycles. The van der Waals surface area contributed by atoms with Crippen molar-refractivity contribution in [3.8, 4) is 0 Å². The van der Waals surface area contributed by atoms with E-state index >= 15 is 0 Å². The zero-order chi connectivity index (χ0) is 15.2. The molecular weight excluding hydrogens is 248 g/mol. The second-order valence-electron chi connectivity index (χ2n) is 8.07. The molecule has 120 valence electrons. The summed E-state index contributed by atoms with van der Waals surface area (Å²) in [5, 5.41) is 13.7. The van der Waals surface area contributed by atoms with Crippen molar-refractivity contribution >= 4 is 0 Å². The van der Waals surface area contributed by atoms with Crippen molar-refractivity contribution in [2.75, 3.05) is 33.2 Å². The van der Waals surface area contributed by atoms with Crippen molar-refractivity contribution in [3.05, 3.63) is 0 Å². The third-order valence-corrected chi connectivity index (χ3v) is 4.23. The molecule has 0 radical (unpaired) electrons. The standard InChI is InChI=1S/C17H36N2O/c1-15(2)11-18-12-17(9-7-6-8-10-17)14-19(5)13-16(3,4)20/h15,18,20H,6-14H2,1-5H3. The number of aliphatic hydroxyl groups is 1. The van der Waals surface area contributed by atoms with Gasteiger partial charge in [0.25, 0.3) is 0 Å². The molecule has 1 saturated carbocycles. The average molecular weight is 284 g/mol. The third kappa shape index (κ3) is 7.05. The van der Waals surface area contributed by atoms with Gasteiger partial charge < -0.3 is 15.3 Å². The van der Waals surface area contributed by atoms with Crippen molar-refractivity contribution in [2.45, 2.75) is 65.4 Å². The maximum absolute atomic E-state index is 9.99. The van der Waals surface area contributed by atoms with Crippen molar-refractivity contribution in [2.24, 2.45) is 11.3 Å². The minimum atomic E-state index is -0.601. The van der Waals surface area contributed by atoms with E-state index in [2.05, 4.69) is 31.1 Å². The van der Waals surface area contributed by atoms with Gasteiger partial charge >= 0.3 is 0 Å². The van der Waals surface area contributed by atoms with E-state index in [4.69, 9.17) is 0 Å². The summed E-state index contributed by atoms with van der Waals surface area (Å²) in [4.78, 5) is 2.32. The Hall–Kier alpha value is -0.120. The van der Waals surface area contributed by atoms with Gasteiger partial charge in [0.2, 0.25) is 0 Å². The fourth-order valence-corrected chi connectivity index (χ4v) is 3.61. The van der Waals surface area contributed by atoms with Crippen LogP contribution in [0.3, 0.4) is 0 Å². The molecule has 0 unspecified atom stereocenters. The summed E-state index contributed by atoms with van der Waals surface area (Å²) in [5.41, 5.74) is -0.191. The number of nitrogens with one attached hydrogen (secondary N) is 1. The molecule has 0 aromatic heterocycles. The highest BCUT2D eigenvalue weighted by atomic mass is 16.3. The topological polar surface area (TPSA) is 35.5 Å². The van der Waals surface area contributed by atoms with E-state index in [1.807, 2.05) is 13.8 Å². The van der Waals surface area contributed by atoms with Crippen LogP contribution in [-0.2, 0) is 0 Å². The number of hydrogen-bond donors (Lipinski definition) is 2. The van der Waals surface area contributed by atoms with Crippen LogP contribution < -0.4 is 5.32 Å². The molecule has 0 aromatic rings. The van der Waals surface area contributed by atoms with Gasteiger partial charge in [0.1, 0.15) is 0 Å². The van der Waals surface area contributed by atoms with Crippen molar-refractivity contribution in [3.63, 3.8) is 0 Å². The Morgan fingerprint density at radius 3 is 2.30 bits per heavy atom. The van der Waals surface area contributed by atoms with Gasteiger partial charge in [-0.25, -0.2) is 0 Å². The zero-order valence-corrected chi connectivity index (χ0v) is 14.3. The van der Waals surface area contributed by atoms with E-state index in [1.54, 1.807) is 0 Å². The highest BCUT2D eigenvalue weighted by molar-refractivity contribution is 4.88. The Morgan fingerprint density at radius 1 is 1.20 bits per heavy atom. The lowest BCUT2D eigenvalue weighted by Crippen LogP contribution is -2.47. The van der Waals surface area contributed by atoms with Crippen molar-refractivity contribution < 1.29 is 5.11 Å². The summed E-state index contributed by atoms with van der Waals surface area (Å²) in [6.45, 7) is 12.4. The fourth-order valence-electron chi connectivity index (χ4n) is 3.61. The van der Waals surface area contributed by atoms with Crippen LogP contribution in [0.15, 0.2) is 0 Å². The van der Waals surface area contributed by atoms with E-state index in [1.165, 1.54) is 32.1 Å². The Balaban J connectivity index is 2.54. The van der Waals surface area contributed by atoms with Gasteiger partial charge in [-0.1, -0.05) is 33.1 Å². The first-order valence-electron chi connectivity index (χ1n) is 8.34. The van der Waals surface area contributed by atoms with Gasteiger partial charge in [-0.15, -0.1) is 0 Å². The summed E-state index contributed by atoms with van der Waals surface area (Å²) < 4.78 is 0. The van der Waals surface area contributed by atoms with Crippen LogP contribution in [0.5, 0.6) is 0 Å². The summed E-state index contributed by atoms with van der Waals surface area (Å²) in [7, 11) is 2.15. The average Bonchev–Trinajstić information content (AvgIpc) is 2.26. The van der Waals surface area contributed by atoms with Gasteiger partial charge in [-0.2, -0.15) is 0 Å². The molecule has 2 N–H and O–H groups in total. The summed E-state index contributed by atoms with van der Waals surface area (Å²) in [5.74, 6) is 0.713. The number of likely N-dealkylation sites (N-methyl/N-ethyl adjacent to an activating group) is 1. The van der Waals surface area contributed by atoms with Crippen LogP contribution >= 0.6 is 0 Å². The largest absolute Gasteiger partial charge is 0.389 e. The minimum absolute atomic E-state index is 0.410. The molecule has 0 spiro atoms. The van der Waals surface area contributed by atoms with Crippen molar-refractivity contribution in [1.29, 1.82) is 0 Å². The quantitative estimate of drug-likeness (QED) is 0.719. The van der Waals surface area contributed by atoms with Crippen LogP contribution in [0, 0.1) is 11.3 Å². The molecule has 1 rings (SSSR count). The van der Waals surface area contributed by atoms with Crippen LogP contribution in [0.4, 0.5) is 0 Å². The molecule has 1 aliphatic rings. The fraction of sp³-hybridized carbons (Fsp3) is 1.00. The first-order valence-corrected chi connectivity index (χ1v) is 8.34. The van der Waals surface area contributed by atoms with Crippen molar-refractivity contribution in [1.82, 2.24) is 10.2 Å². The second-order valence-corrected chi connectivity index (χ2v) is 8.07. The number of rotatable bonds is 8. The summed E-state index contributed by atoms with van der Waals surface area (Å²) in [6.07, 6.45) is 6.77. The first-order chi connectivity index (χ1) is 9.22. The molecule has 1 aliphatic carbocycles. The molecule has 1 fully saturated rings. The number of hydrogen-bond acceptors (Lipinski definition) is 3. The highest BCUT2D eigenvalue weighted by Crippen LogP contribution is 2.36. The smallest absolute Gasteiger partial charge is 0.0718 e. The van der Waals surface area contributed by atoms with E-state index in [0.29, 0.717) is 11.3 Å². The third-order valence-electron chi connectivity index (χ3n) is 4.23. The van der Waals surface area contributed by atoms with Gasteiger partial charge in [0.05, 0.1) is 5.60 Å².